The molecule has 1 fully saturated rings. The molecule has 1 amide bonds. The zero-order valence-corrected chi connectivity index (χ0v) is 11.8. The lowest BCUT2D eigenvalue weighted by atomic mass is 9.78. The number of hydrogen-bond donors (Lipinski definition) is 1. The van der Waals surface area contributed by atoms with E-state index in [4.69, 9.17) is 0 Å². The van der Waals surface area contributed by atoms with Gasteiger partial charge in [0.2, 0.25) is 0 Å². The van der Waals surface area contributed by atoms with Gasteiger partial charge in [-0.25, -0.2) is 0 Å². The summed E-state index contributed by atoms with van der Waals surface area (Å²) in [4.78, 5) is 22.3. The van der Waals surface area contributed by atoms with Crippen LogP contribution < -0.4 is 5.32 Å². The number of nitro benzene ring substituents is 1. The van der Waals surface area contributed by atoms with E-state index >= 15 is 0 Å². The van der Waals surface area contributed by atoms with E-state index in [1.54, 1.807) is 0 Å². The van der Waals surface area contributed by atoms with Crippen molar-refractivity contribution in [1.82, 2.24) is 5.32 Å². The van der Waals surface area contributed by atoms with Crippen molar-refractivity contribution in [2.45, 2.75) is 39.2 Å². The number of benzene rings is 1. The van der Waals surface area contributed by atoms with E-state index < -0.39 is 4.92 Å². The highest BCUT2D eigenvalue weighted by atomic mass is 16.6. The first kappa shape index (κ1) is 14.5. The van der Waals surface area contributed by atoms with Crippen LogP contribution in [0.4, 0.5) is 5.69 Å². The van der Waals surface area contributed by atoms with Crippen molar-refractivity contribution in [1.29, 1.82) is 0 Å². The number of amides is 1. The van der Waals surface area contributed by atoms with Gasteiger partial charge in [0, 0.05) is 23.7 Å². The van der Waals surface area contributed by atoms with Gasteiger partial charge >= 0.3 is 0 Å². The van der Waals surface area contributed by atoms with Crippen molar-refractivity contribution in [2.24, 2.45) is 11.8 Å². The van der Waals surface area contributed by atoms with Gasteiger partial charge in [-0.15, -0.1) is 0 Å². The van der Waals surface area contributed by atoms with Crippen molar-refractivity contribution in [2.75, 3.05) is 0 Å². The molecule has 0 bridgehead atoms. The highest BCUT2D eigenvalue weighted by molar-refractivity contribution is 5.94. The Morgan fingerprint density at radius 2 is 1.90 bits per heavy atom. The van der Waals surface area contributed by atoms with E-state index in [1.807, 2.05) is 0 Å². The second kappa shape index (κ2) is 6.03. The molecule has 0 unspecified atom stereocenters. The predicted molar refractivity (Wildman–Crippen MR) is 76.5 cm³/mol. The van der Waals surface area contributed by atoms with Gasteiger partial charge < -0.3 is 5.32 Å². The maximum Gasteiger partial charge on any atom is 0.269 e. The van der Waals surface area contributed by atoms with Crippen LogP contribution in [-0.2, 0) is 0 Å². The van der Waals surface area contributed by atoms with E-state index in [2.05, 4.69) is 19.2 Å². The third kappa shape index (κ3) is 3.15. The number of rotatable bonds is 3. The molecular weight excluding hydrogens is 256 g/mol. The molecule has 0 aliphatic heterocycles. The molecule has 0 aromatic heterocycles. The lowest BCUT2D eigenvalue weighted by molar-refractivity contribution is -0.384. The van der Waals surface area contributed by atoms with Crippen molar-refractivity contribution in [3.63, 3.8) is 0 Å². The summed E-state index contributed by atoms with van der Waals surface area (Å²) in [6.07, 6.45) is 3.35. The van der Waals surface area contributed by atoms with Crippen LogP contribution in [0.5, 0.6) is 0 Å². The van der Waals surface area contributed by atoms with E-state index in [0.29, 0.717) is 17.4 Å². The quantitative estimate of drug-likeness (QED) is 0.681. The van der Waals surface area contributed by atoms with Crippen molar-refractivity contribution in [3.8, 4) is 0 Å². The first-order valence-corrected chi connectivity index (χ1v) is 7.04. The fraction of sp³-hybridized carbons (Fsp3) is 0.533. The van der Waals surface area contributed by atoms with E-state index in [1.165, 1.54) is 30.7 Å². The smallest absolute Gasteiger partial charge is 0.269 e. The fourth-order valence-corrected chi connectivity index (χ4v) is 2.77. The summed E-state index contributed by atoms with van der Waals surface area (Å²) in [6.45, 7) is 4.39. The summed E-state index contributed by atoms with van der Waals surface area (Å²) in [5.74, 6) is 0.933. The monoisotopic (exact) mass is 276 g/mol. The van der Waals surface area contributed by atoms with Gasteiger partial charge in [0.15, 0.2) is 0 Å². The average Bonchev–Trinajstić information content (AvgIpc) is 2.44. The maximum absolute atomic E-state index is 12.2. The van der Waals surface area contributed by atoms with Crippen molar-refractivity contribution < 1.29 is 9.72 Å². The largest absolute Gasteiger partial charge is 0.349 e. The number of nitrogens with zero attached hydrogens (tertiary/aromatic N) is 1. The summed E-state index contributed by atoms with van der Waals surface area (Å²) in [7, 11) is 0. The normalized spacial score (nSPS) is 26.0. The molecular formula is C15H20N2O3. The molecule has 1 aromatic carbocycles. The molecule has 20 heavy (non-hydrogen) atoms. The highest BCUT2D eigenvalue weighted by Gasteiger charge is 2.28. The molecule has 1 aliphatic carbocycles. The minimum atomic E-state index is -0.466. The number of carbonyl (C=O) groups excluding carboxylic acids is 1. The van der Waals surface area contributed by atoms with Crippen LogP contribution in [0, 0.1) is 22.0 Å². The van der Waals surface area contributed by atoms with Crippen LogP contribution in [0.25, 0.3) is 0 Å². The standard InChI is InChI=1S/C15H20N2O3/c1-10-4-3-5-14(11(10)2)16-15(18)12-6-8-13(9-7-12)17(19)20/h6-11,14H,3-5H2,1-2H3,(H,16,18)/t10-,11-,14-/m1/s1. The zero-order chi connectivity index (χ0) is 14.7. The van der Waals surface area contributed by atoms with Gasteiger partial charge in [0.25, 0.3) is 11.6 Å². The Hall–Kier alpha value is -1.91. The molecule has 1 aromatic rings. The molecule has 1 N–H and O–H groups in total. The molecule has 2 rings (SSSR count). The third-order valence-corrected chi connectivity index (χ3v) is 4.36. The number of hydrogen-bond acceptors (Lipinski definition) is 3. The van der Waals surface area contributed by atoms with Gasteiger partial charge in [0.05, 0.1) is 4.92 Å². The van der Waals surface area contributed by atoms with Crippen molar-refractivity contribution in [3.05, 3.63) is 39.9 Å². The van der Waals surface area contributed by atoms with E-state index in [9.17, 15) is 14.9 Å². The Bertz CT molecular complexity index is 498. The van der Waals surface area contributed by atoms with Crippen molar-refractivity contribution >= 4 is 11.6 Å². The number of nitrogens with one attached hydrogen (secondary N) is 1. The fourth-order valence-electron chi connectivity index (χ4n) is 2.77. The topological polar surface area (TPSA) is 72.2 Å². The van der Waals surface area contributed by atoms with Crippen LogP contribution >= 0.6 is 0 Å². The summed E-state index contributed by atoms with van der Waals surface area (Å²) in [5, 5.41) is 13.6. The molecule has 1 aliphatic rings. The molecule has 0 spiro atoms. The lowest BCUT2D eigenvalue weighted by Crippen LogP contribution is -2.43. The Kier molecular flexibility index (Phi) is 4.37. The second-order valence-electron chi connectivity index (χ2n) is 5.65. The van der Waals surface area contributed by atoms with Gasteiger partial charge in [-0.1, -0.05) is 26.7 Å². The zero-order valence-electron chi connectivity index (χ0n) is 11.8. The molecule has 5 heteroatoms. The molecule has 1 saturated carbocycles. The summed E-state index contributed by atoms with van der Waals surface area (Å²) >= 11 is 0. The van der Waals surface area contributed by atoms with Crippen LogP contribution in [0.1, 0.15) is 43.5 Å². The Morgan fingerprint density at radius 3 is 2.50 bits per heavy atom. The molecule has 108 valence electrons. The maximum atomic E-state index is 12.2. The minimum Gasteiger partial charge on any atom is -0.349 e. The van der Waals surface area contributed by atoms with Gasteiger partial charge in [-0.2, -0.15) is 0 Å². The summed E-state index contributed by atoms with van der Waals surface area (Å²) in [5.41, 5.74) is 0.474. The van der Waals surface area contributed by atoms with Gasteiger partial charge in [-0.05, 0) is 30.4 Å². The van der Waals surface area contributed by atoms with E-state index in [0.717, 1.165) is 12.8 Å². The van der Waals surface area contributed by atoms with E-state index in [-0.39, 0.29) is 17.6 Å². The molecule has 3 atom stereocenters. The lowest BCUT2D eigenvalue weighted by Gasteiger charge is -2.34. The Labute approximate surface area is 118 Å². The van der Waals surface area contributed by atoms with Crippen LogP contribution in [0.3, 0.4) is 0 Å². The number of nitro groups is 1. The number of non-ortho nitro benzene ring substituents is 1. The van der Waals surface area contributed by atoms with Gasteiger partial charge in [-0.3, -0.25) is 14.9 Å². The van der Waals surface area contributed by atoms with Crippen LogP contribution in [-0.4, -0.2) is 16.9 Å². The molecule has 0 saturated heterocycles. The molecule has 5 nitrogen and oxygen atoms in total. The predicted octanol–water partition coefficient (Wildman–Crippen LogP) is 3.15. The SMILES string of the molecule is C[C@@H]1[C@H](C)CCC[C@H]1NC(=O)c1ccc([N+](=O)[O-])cc1. The van der Waals surface area contributed by atoms with Gasteiger partial charge in [0.1, 0.15) is 0 Å². The Morgan fingerprint density at radius 1 is 1.25 bits per heavy atom. The molecule has 0 radical (unpaired) electrons. The summed E-state index contributed by atoms with van der Waals surface area (Å²) in [6, 6.07) is 5.93. The van der Waals surface area contributed by atoms with Crippen LogP contribution in [0.2, 0.25) is 0 Å². The third-order valence-electron chi connectivity index (χ3n) is 4.36. The first-order chi connectivity index (χ1) is 9.49. The highest BCUT2D eigenvalue weighted by Crippen LogP contribution is 2.29. The van der Waals surface area contributed by atoms with Crippen LogP contribution in [0.15, 0.2) is 24.3 Å². The first-order valence-electron chi connectivity index (χ1n) is 7.04. The second-order valence-corrected chi connectivity index (χ2v) is 5.65. The summed E-state index contributed by atoms with van der Waals surface area (Å²) < 4.78 is 0. The Balaban J connectivity index is 2.02. The minimum absolute atomic E-state index is 0.00112. The molecule has 0 heterocycles. The average molecular weight is 276 g/mol. The number of carbonyl (C=O) groups is 1.